The van der Waals surface area contributed by atoms with Gasteiger partial charge in [-0.2, -0.15) is 10.1 Å². The molecule has 30 heavy (non-hydrogen) atoms. The zero-order valence-corrected chi connectivity index (χ0v) is 18.5. The lowest BCUT2D eigenvalue weighted by atomic mass is 10.1. The molecule has 0 saturated carbocycles. The normalized spacial score (nSPS) is 19.0. The van der Waals surface area contributed by atoms with Gasteiger partial charge in [0.05, 0.1) is 11.5 Å². The molecule has 11 heteroatoms. The molecule has 2 unspecified atom stereocenters. The first-order chi connectivity index (χ1) is 14.1. The average Bonchev–Trinajstić information content (AvgIpc) is 3.28. The molecule has 2 aromatic heterocycles. The summed E-state index contributed by atoms with van der Waals surface area (Å²) in [7, 11) is -3.11. The van der Waals surface area contributed by atoms with Crippen LogP contribution in [0.25, 0.3) is 5.78 Å². The zero-order chi connectivity index (χ0) is 22.1. The summed E-state index contributed by atoms with van der Waals surface area (Å²) in [5.41, 5.74) is 2.51. The van der Waals surface area contributed by atoms with Gasteiger partial charge in [0.1, 0.15) is 6.33 Å². The largest absolute Gasteiger partial charge is 0.453 e. The van der Waals surface area contributed by atoms with Crippen LogP contribution in [-0.2, 0) is 30.6 Å². The van der Waals surface area contributed by atoms with Crippen molar-refractivity contribution < 1.29 is 22.7 Å². The third-order valence-electron chi connectivity index (χ3n) is 5.50. The SMILES string of the molecule is CCN(C(=O)C(C)OC(=O)CCc1c(C)nc2ncnn2c1C)C1CCS(=O)(=O)C1. The fourth-order valence-corrected chi connectivity index (χ4v) is 5.63. The third-order valence-corrected chi connectivity index (χ3v) is 7.25. The second-order valence-corrected chi connectivity index (χ2v) is 9.77. The highest BCUT2D eigenvalue weighted by Crippen LogP contribution is 2.20. The summed E-state index contributed by atoms with van der Waals surface area (Å²) in [5.74, 6) is -0.319. The number of carbonyl (C=O) groups excluding carboxylic acids is 2. The van der Waals surface area contributed by atoms with Crippen molar-refractivity contribution in [1.82, 2.24) is 24.5 Å². The number of hydrogen-bond donors (Lipinski definition) is 0. The van der Waals surface area contributed by atoms with Crippen LogP contribution < -0.4 is 0 Å². The van der Waals surface area contributed by atoms with Gasteiger partial charge < -0.3 is 9.64 Å². The number of amides is 1. The second kappa shape index (κ2) is 8.66. The molecule has 0 aliphatic carbocycles. The van der Waals surface area contributed by atoms with Gasteiger partial charge in [0.15, 0.2) is 15.9 Å². The summed E-state index contributed by atoms with van der Waals surface area (Å²) in [5, 5.41) is 4.13. The van der Waals surface area contributed by atoms with Crippen molar-refractivity contribution in [1.29, 1.82) is 0 Å². The standard InChI is InChI=1S/C19H27N5O5S/c1-5-23(15-8-9-30(27,28)10-15)18(26)14(4)29-17(25)7-6-16-12(2)22-19-20-11-21-24(19)13(16)3/h11,14-15H,5-10H2,1-4H3. The van der Waals surface area contributed by atoms with Gasteiger partial charge in [0.2, 0.25) is 0 Å². The van der Waals surface area contributed by atoms with Crippen LogP contribution in [0.3, 0.4) is 0 Å². The average molecular weight is 438 g/mol. The third kappa shape index (κ3) is 4.61. The molecule has 2 atom stereocenters. The molecule has 1 aliphatic heterocycles. The van der Waals surface area contributed by atoms with Crippen molar-refractivity contribution in [3.05, 3.63) is 23.3 Å². The van der Waals surface area contributed by atoms with E-state index in [9.17, 15) is 18.0 Å². The van der Waals surface area contributed by atoms with Gasteiger partial charge in [0.25, 0.3) is 11.7 Å². The lowest BCUT2D eigenvalue weighted by Gasteiger charge is -2.29. The van der Waals surface area contributed by atoms with E-state index in [1.165, 1.54) is 18.2 Å². The number of aromatic nitrogens is 4. The Morgan fingerprint density at radius 1 is 1.37 bits per heavy atom. The van der Waals surface area contributed by atoms with Crippen molar-refractivity contribution in [2.45, 2.75) is 59.1 Å². The van der Waals surface area contributed by atoms with E-state index in [1.54, 1.807) is 11.4 Å². The monoisotopic (exact) mass is 437 g/mol. The molecule has 164 valence electrons. The lowest BCUT2D eigenvalue weighted by molar-refractivity contribution is -0.159. The number of fused-ring (bicyclic) bond motifs is 1. The number of likely N-dealkylation sites (N-methyl/N-ethyl adjacent to an activating group) is 1. The Kier molecular flexibility index (Phi) is 6.39. The summed E-state index contributed by atoms with van der Waals surface area (Å²) < 4.78 is 30.4. The maximum atomic E-state index is 12.7. The Morgan fingerprint density at radius 3 is 2.73 bits per heavy atom. The lowest BCUT2D eigenvalue weighted by Crippen LogP contribution is -2.46. The van der Waals surface area contributed by atoms with E-state index in [1.807, 2.05) is 13.8 Å². The summed E-state index contributed by atoms with van der Waals surface area (Å²) >= 11 is 0. The van der Waals surface area contributed by atoms with E-state index < -0.39 is 21.9 Å². The smallest absolute Gasteiger partial charge is 0.306 e. The molecule has 3 heterocycles. The van der Waals surface area contributed by atoms with Gasteiger partial charge in [-0.25, -0.2) is 17.9 Å². The van der Waals surface area contributed by atoms with Crippen molar-refractivity contribution in [3.8, 4) is 0 Å². The van der Waals surface area contributed by atoms with Crippen LogP contribution >= 0.6 is 0 Å². The van der Waals surface area contributed by atoms with Gasteiger partial charge in [-0.3, -0.25) is 9.59 Å². The number of carbonyl (C=O) groups is 2. The van der Waals surface area contributed by atoms with Gasteiger partial charge in [-0.1, -0.05) is 0 Å². The van der Waals surface area contributed by atoms with Crippen LogP contribution in [0.4, 0.5) is 0 Å². The Labute approximate surface area is 175 Å². The Bertz CT molecular complexity index is 1060. The number of sulfone groups is 1. The molecule has 1 aliphatic rings. The van der Waals surface area contributed by atoms with Crippen molar-refractivity contribution in [2.75, 3.05) is 18.1 Å². The van der Waals surface area contributed by atoms with E-state index in [4.69, 9.17) is 4.74 Å². The van der Waals surface area contributed by atoms with E-state index in [2.05, 4.69) is 15.1 Å². The fourth-order valence-electron chi connectivity index (χ4n) is 3.90. The predicted molar refractivity (Wildman–Crippen MR) is 109 cm³/mol. The highest BCUT2D eigenvalue weighted by Gasteiger charge is 2.36. The van der Waals surface area contributed by atoms with Crippen molar-refractivity contribution in [2.24, 2.45) is 0 Å². The van der Waals surface area contributed by atoms with Gasteiger partial charge in [-0.05, 0) is 46.1 Å². The summed E-state index contributed by atoms with van der Waals surface area (Å²) in [6, 6.07) is -0.362. The first kappa shape index (κ1) is 22.1. The molecular weight excluding hydrogens is 410 g/mol. The van der Waals surface area contributed by atoms with Crippen LogP contribution in [0, 0.1) is 13.8 Å². The topological polar surface area (TPSA) is 124 Å². The predicted octanol–water partition coefficient (Wildman–Crippen LogP) is 0.641. The van der Waals surface area contributed by atoms with E-state index in [0.29, 0.717) is 25.2 Å². The Balaban J connectivity index is 1.60. The van der Waals surface area contributed by atoms with E-state index in [-0.39, 0.29) is 29.9 Å². The molecule has 0 radical (unpaired) electrons. The minimum atomic E-state index is -3.11. The van der Waals surface area contributed by atoms with E-state index in [0.717, 1.165) is 17.0 Å². The fraction of sp³-hybridized carbons (Fsp3) is 0.632. The van der Waals surface area contributed by atoms with Crippen molar-refractivity contribution in [3.63, 3.8) is 0 Å². The number of ether oxygens (including phenoxy) is 1. The molecular formula is C19H27N5O5S. The first-order valence-corrected chi connectivity index (χ1v) is 11.8. The maximum Gasteiger partial charge on any atom is 0.306 e. The number of rotatable bonds is 7. The molecule has 0 spiro atoms. The summed E-state index contributed by atoms with van der Waals surface area (Å²) in [6.45, 7) is 7.41. The molecule has 0 bridgehead atoms. The van der Waals surface area contributed by atoms with E-state index >= 15 is 0 Å². The molecule has 1 fully saturated rings. The minimum Gasteiger partial charge on any atom is -0.453 e. The number of aryl methyl sites for hydroxylation is 2. The summed E-state index contributed by atoms with van der Waals surface area (Å²) in [6.07, 6.45) is 1.36. The van der Waals surface area contributed by atoms with Crippen LogP contribution in [0.1, 0.15) is 43.6 Å². The number of hydrogen-bond acceptors (Lipinski definition) is 8. The van der Waals surface area contributed by atoms with Crippen LogP contribution in [-0.4, -0.2) is 75.0 Å². The van der Waals surface area contributed by atoms with Crippen LogP contribution in [0.15, 0.2) is 6.33 Å². The summed E-state index contributed by atoms with van der Waals surface area (Å²) in [4.78, 5) is 35.0. The highest BCUT2D eigenvalue weighted by atomic mass is 32.2. The second-order valence-electron chi connectivity index (χ2n) is 7.55. The minimum absolute atomic E-state index is 0.0381. The van der Waals surface area contributed by atoms with Gasteiger partial charge in [0, 0.05) is 30.4 Å². The van der Waals surface area contributed by atoms with Crippen LogP contribution in [0.2, 0.25) is 0 Å². The molecule has 3 rings (SSSR count). The van der Waals surface area contributed by atoms with Gasteiger partial charge in [-0.15, -0.1) is 0 Å². The molecule has 10 nitrogen and oxygen atoms in total. The van der Waals surface area contributed by atoms with Gasteiger partial charge >= 0.3 is 5.97 Å². The quantitative estimate of drug-likeness (QED) is 0.578. The Morgan fingerprint density at radius 2 is 2.10 bits per heavy atom. The number of nitrogens with zero attached hydrogens (tertiary/aromatic N) is 5. The van der Waals surface area contributed by atoms with Crippen LogP contribution in [0.5, 0.6) is 0 Å². The maximum absolute atomic E-state index is 12.7. The molecule has 1 amide bonds. The zero-order valence-electron chi connectivity index (χ0n) is 17.7. The molecule has 2 aromatic rings. The first-order valence-electron chi connectivity index (χ1n) is 9.99. The Hall–Kier alpha value is -2.56. The molecule has 0 aromatic carbocycles. The molecule has 1 saturated heterocycles. The molecule has 0 N–H and O–H groups in total. The van der Waals surface area contributed by atoms with Crippen molar-refractivity contribution >= 4 is 27.5 Å². The number of esters is 1. The highest BCUT2D eigenvalue weighted by molar-refractivity contribution is 7.91.